The number of rotatable bonds is 4. The molecule has 0 saturated carbocycles. The minimum absolute atomic E-state index is 0.151. The van der Waals surface area contributed by atoms with Gasteiger partial charge in [0.2, 0.25) is 15.9 Å². The van der Waals surface area contributed by atoms with E-state index in [-0.39, 0.29) is 23.1 Å². The molecule has 0 unspecified atom stereocenters. The average Bonchev–Trinajstić information content (AvgIpc) is 2.64. The van der Waals surface area contributed by atoms with Gasteiger partial charge in [0.25, 0.3) is 0 Å². The number of amides is 1. The lowest BCUT2D eigenvalue weighted by atomic mass is 10.2. The van der Waals surface area contributed by atoms with Gasteiger partial charge in [0.05, 0.1) is 23.4 Å². The van der Waals surface area contributed by atoms with E-state index in [1.54, 1.807) is 12.1 Å². The normalized spacial score (nSPS) is 18.8. The topological polar surface area (TPSA) is 84.0 Å². The molecule has 9 heteroatoms. The van der Waals surface area contributed by atoms with Crippen LogP contribution >= 0.6 is 11.8 Å². The Labute approximate surface area is 151 Å². The van der Waals surface area contributed by atoms with Crippen LogP contribution in [0.1, 0.15) is 19.3 Å². The summed E-state index contributed by atoms with van der Waals surface area (Å²) in [6, 6.07) is 4.77. The van der Waals surface area contributed by atoms with Gasteiger partial charge in [-0.15, -0.1) is 11.8 Å². The van der Waals surface area contributed by atoms with Crippen LogP contribution in [0.25, 0.3) is 0 Å². The lowest BCUT2D eigenvalue weighted by molar-refractivity contribution is -0.139. The van der Waals surface area contributed by atoms with E-state index in [9.17, 15) is 18.0 Å². The number of esters is 1. The molecule has 3 rings (SSSR count). The van der Waals surface area contributed by atoms with E-state index < -0.39 is 16.0 Å². The number of carbonyl (C=O) groups excluding carboxylic acids is 2. The smallest absolute Gasteiger partial charge is 0.325 e. The van der Waals surface area contributed by atoms with Crippen molar-refractivity contribution < 1.29 is 22.7 Å². The van der Waals surface area contributed by atoms with E-state index in [2.05, 4.69) is 4.74 Å². The Hall–Kier alpha value is -1.58. The number of hydrogen-bond donors (Lipinski definition) is 0. The lowest BCUT2D eigenvalue weighted by Crippen LogP contribution is -2.40. The second-order valence-electron chi connectivity index (χ2n) is 5.94. The highest BCUT2D eigenvalue weighted by Crippen LogP contribution is 2.37. The Morgan fingerprint density at radius 2 is 1.96 bits per heavy atom. The highest BCUT2D eigenvalue weighted by atomic mass is 32.2. The summed E-state index contributed by atoms with van der Waals surface area (Å²) in [5.41, 5.74) is 0.449. The maximum absolute atomic E-state index is 12.9. The molecule has 0 bridgehead atoms. The summed E-state index contributed by atoms with van der Waals surface area (Å²) in [5, 5.41) is 0. The van der Waals surface area contributed by atoms with Crippen LogP contribution in [-0.4, -0.2) is 57.1 Å². The zero-order valence-corrected chi connectivity index (χ0v) is 15.6. The van der Waals surface area contributed by atoms with Crippen molar-refractivity contribution in [3.8, 4) is 0 Å². The summed E-state index contributed by atoms with van der Waals surface area (Å²) in [7, 11) is -2.35. The Kier molecular flexibility index (Phi) is 5.35. The van der Waals surface area contributed by atoms with Crippen LogP contribution in [0.3, 0.4) is 0 Å². The number of piperidine rings is 1. The number of hydrogen-bond acceptors (Lipinski definition) is 6. The van der Waals surface area contributed by atoms with E-state index in [4.69, 9.17) is 0 Å². The lowest BCUT2D eigenvalue weighted by Gasteiger charge is -2.30. The third kappa shape index (κ3) is 3.68. The van der Waals surface area contributed by atoms with Crippen molar-refractivity contribution in [3.05, 3.63) is 18.2 Å². The van der Waals surface area contributed by atoms with Crippen molar-refractivity contribution in [1.29, 1.82) is 0 Å². The van der Waals surface area contributed by atoms with Gasteiger partial charge in [-0.25, -0.2) is 8.42 Å². The van der Waals surface area contributed by atoms with E-state index >= 15 is 0 Å². The number of ether oxygens (including phenoxy) is 1. The third-order valence-electron chi connectivity index (χ3n) is 4.34. The van der Waals surface area contributed by atoms with Crippen LogP contribution in [0.5, 0.6) is 0 Å². The Morgan fingerprint density at radius 3 is 2.64 bits per heavy atom. The number of benzene rings is 1. The molecule has 25 heavy (non-hydrogen) atoms. The van der Waals surface area contributed by atoms with Crippen molar-refractivity contribution in [1.82, 2.24) is 4.31 Å². The summed E-state index contributed by atoms with van der Waals surface area (Å²) in [4.78, 5) is 26.1. The first-order valence-corrected chi connectivity index (χ1v) is 10.5. The van der Waals surface area contributed by atoms with Crippen LogP contribution in [0.4, 0.5) is 5.69 Å². The summed E-state index contributed by atoms with van der Waals surface area (Å²) in [5.74, 6) is -0.576. The first-order chi connectivity index (χ1) is 11.9. The van der Waals surface area contributed by atoms with Crippen LogP contribution < -0.4 is 4.90 Å². The van der Waals surface area contributed by atoms with Gasteiger partial charge < -0.3 is 4.74 Å². The molecule has 2 aliphatic heterocycles. The maximum Gasteiger partial charge on any atom is 0.325 e. The molecular formula is C16H20N2O5S2. The standard InChI is InChI=1S/C16H20N2O5S2/c1-23-16(20)10-18-13-9-12(5-6-14(13)24-11-15(18)19)25(21,22)17-7-3-2-4-8-17/h5-6,9H,2-4,7-8,10-11H2,1H3. The number of nitrogens with zero attached hydrogens (tertiary/aromatic N) is 2. The monoisotopic (exact) mass is 384 g/mol. The first-order valence-electron chi connectivity index (χ1n) is 8.07. The van der Waals surface area contributed by atoms with Gasteiger partial charge in [-0.3, -0.25) is 14.5 Å². The fourth-order valence-corrected chi connectivity index (χ4v) is 5.42. The van der Waals surface area contributed by atoms with Gasteiger partial charge in [0.15, 0.2) is 0 Å². The number of thioether (sulfide) groups is 1. The highest BCUT2D eigenvalue weighted by Gasteiger charge is 2.31. The molecule has 0 N–H and O–H groups in total. The molecule has 136 valence electrons. The second kappa shape index (κ2) is 7.35. The third-order valence-corrected chi connectivity index (χ3v) is 7.28. The van der Waals surface area contributed by atoms with E-state index in [1.165, 1.54) is 34.1 Å². The number of fused-ring (bicyclic) bond motifs is 1. The van der Waals surface area contributed by atoms with Gasteiger partial charge in [0, 0.05) is 18.0 Å². The average molecular weight is 384 g/mol. The number of anilines is 1. The molecule has 2 aliphatic rings. The minimum Gasteiger partial charge on any atom is -0.468 e. The fraction of sp³-hybridized carbons (Fsp3) is 0.500. The molecular weight excluding hydrogens is 364 g/mol. The van der Waals surface area contributed by atoms with Crippen LogP contribution in [0, 0.1) is 0 Å². The quantitative estimate of drug-likeness (QED) is 0.731. The first kappa shape index (κ1) is 18.2. The van der Waals surface area contributed by atoms with Crippen LogP contribution in [0.15, 0.2) is 28.0 Å². The van der Waals surface area contributed by atoms with Gasteiger partial charge in [-0.05, 0) is 31.0 Å². The maximum atomic E-state index is 12.9. The molecule has 0 atom stereocenters. The fourth-order valence-electron chi connectivity index (χ4n) is 2.96. The Bertz CT molecular complexity index is 788. The SMILES string of the molecule is COC(=O)CN1C(=O)CSc2ccc(S(=O)(=O)N3CCCCC3)cc21. The van der Waals surface area contributed by atoms with E-state index in [1.807, 2.05) is 0 Å². The molecule has 7 nitrogen and oxygen atoms in total. The number of methoxy groups -OCH3 is 1. The summed E-state index contributed by atoms with van der Waals surface area (Å²) in [6.45, 7) is 0.800. The molecule has 0 aliphatic carbocycles. The van der Waals surface area contributed by atoms with Crippen LogP contribution in [0.2, 0.25) is 0 Å². The number of sulfonamides is 1. The molecule has 0 aromatic heterocycles. The van der Waals surface area contributed by atoms with Crippen molar-refractivity contribution >= 4 is 39.3 Å². The largest absolute Gasteiger partial charge is 0.468 e. The number of carbonyl (C=O) groups is 2. The molecule has 0 spiro atoms. The molecule has 1 aromatic rings. The highest BCUT2D eigenvalue weighted by molar-refractivity contribution is 8.00. The minimum atomic E-state index is -3.60. The summed E-state index contributed by atoms with van der Waals surface area (Å²) < 4.78 is 31.9. The predicted octanol–water partition coefficient (Wildman–Crippen LogP) is 1.47. The van der Waals surface area contributed by atoms with Crippen molar-refractivity contribution in [3.63, 3.8) is 0 Å². The Morgan fingerprint density at radius 1 is 1.24 bits per heavy atom. The van der Waals surface area contributed by atoms with Crippen molar-refractivity contribution in [2.24, 2.45) is 0 Å². The molecule has 1 aromatic carbocycles. The second-order valence-corrected chi connectivity index (χ2v) is 8.89. The summed E-state index contributed by atoms with van der Waals surface area (Å²) in [6.07, 6.45) is 2.74. The van der Waals surface area contributed by atoms with Gasteiger partial charge in [-0.1, -0.05) is 6.42 Å². The van der Waals surface area contributed by atoms with E-state index in [0.29, 0.717) is 18.8 Å². The zero-order chi connectivity index (χ0) is 18.0. The molecule has 1 fully saturated rings. The van der Waals surface area contributed by atoms with Crippen molar-refractivity contribution in [2.75, 3.05) is 37.4 Å². The van der Waals surface area contributed by atoms with E-state index in [0.717, 1.165) is 24.2 Å². The van der Waals surface area contributed by atoms with Gasteiger partial charge >= 0.3 is 5.97 Å². The molecule has 1 saturated heterocycles. The van der Waals surface area contributed by atoms with Gasteiger partial charge in [0.1, 0.15) is 6.54 Å². The van der Waals surface area contributed by atoms with Gasteiger partial charge in [-0.2, -0.15) is 4.31 Å². The molecule has 0 radical (unpaired) electrons. The Balaban J connectivity index is 1.96. The predicted molar refractivity (Wildman–Crippen MR) is 94.1 cm³/mol. The summed E-state index contributed by atoms with van der Waals surface area (Å²) >= 11 is 1.34. The van der Waals surface area contributed by atoms with Crippen molar-refractivity contribution in [2.45, 2.75) is 29.1 Å². The zero-order valence-electron chi connectivity index (χ0n) is 13.9. The van der Waals surface area contributed by atoms with Crippen LogP contribution in [-0.2, 0) is 24.3 Å². The molecule has 1 amide bonds. The molecule has 2 heterocycles.